The molecule has 0 saturated carbocycles. The minimum atomic E-state index is -0.821. The third-order valence-electron chi connectivity index (χ3n) is 5.76. The fourth-order valence-corrected chi connectivity index (χ4v) is 3.81. The third-order valence-corrected chi connectivity index (χ3v) is 5.76. The smallest absolute Gasteiger partial charge is 0.252 e. The number of nitrogens with one attached hydrogen (secondary N) is 2. The van der Waals surface area contributed by atoms with Crippen molar-refractivity contribution in [2.24, 2.45) is 0 Å². The first kappa shape index (κ1) is 25.3. The number of pyridine rings is 1. The number of hydrogen-bond donors (Lipinski definition) is 2. The molecule has 37 heavy (non-hydrogen) atoms. The number of rotatable bonds is 10. The molecule has 0 unspecified atom stereocenters. The number of benzene rings is 3. The summed E-state index contributed by atoms with van der Waals surface area (Å²) in [5.74, 6) is -1.00. The summed E-state index contributed by atoms with van der Waals surface area (Å²) in [5.41, 5.74) is 3.28. The van der Waals surface area contributed by atoms with Gasteiger partial charge in [0.2, 0.25) is 0 Å². The fourth-order valence-electron chi connectivity index (χ4n) is 3.81. The van der Waals surface area contributed by atoms with Crippen molar-refractivity contribution in [2.45, 2.75) is 12.5 Å². The van der Waals surface area contributed by atoms with Gasteiger partial charge in [-0.05, 0) is 54.0 Å². The van der Waals surface area contributed by atoms with Crippen molar-refractivity contribution in [2.75, 3.05) is 6.54 Å². The van der Waals surface area contributed by atoms with E-state index in [4.69, 9.17) is 0 Å². The summed E-state index contributed by atoms with van der Waals surface area (Å²) in [6.07, 6.45) is 5.66. The molecule has 0 radical (unpaired) electrons. The first-order valence-electron chi connectivity index (χ1n) is 12.0. The molecule has 0 bridgehead atoms. The van der Waals surface area contributed by atoms with E-state index in [-0.39, 0.29) is 24.1 Å². The molecule has 2 amide bonds. The maximum Gasteiger partial charge on any atom is 0.252 e. The zero-order valence-corrected chi connectivity index (χ0v) is 20.2. The maximum atomic E-state index is 13.3. The Hall–Kier alpha value is -4.84. The number of carbonyl (C=O) groups excluding carboxylic acids is 3. The van der Waals surface area contributed by atoms with Gasteiger partial charge in [0.25, 0.3) is 11.8 Å². The largest absolute Gasteiger partial charge is 0.345 e. The van der Waals surface area contributed by atoms with Crippen LogP contribution in [-0.4, -0.2) is 35.2 Å². The van der Waals surface area contributed by atoms with Crippen LogP contribution in [0.1, 0.15) is 37.5 Å². The van der Waals surface area contributed by atoms with Gasteiger partial charge in [0.1, 0.15) is 0 Å². The van der Waals surface area contributed by atoms with Gasteiger partial charge in [-0.2, -0.15) is 0 Å². The molecule has 0 aliphatic heterocycles. The van der Waals surface area contributed by atoms with E-state index in [2.05, 4.69) is 15.6 Å². The highest BCUT2D eigenvalue weighted by molar-refractivity contribution is 6.02. The van der Waals surface area contributed by atoms with E-state index < -0.39 is 6.04 Å². The highest BCUT2D eigenvalue weighted by Gasteiger charge is 2.23. The summed E-state index contributed by atoms with van der Waals surface area (Å²) in [6.45, 7) is -0.202. The van der Waals surface area contributed by atoms with Crippen LogP contribution in [0.25, 0.3) is 12.2 Å². The fraction of sp³-hybridized carbons (Fsp3) is 0.0968. The molecule has 4 rings (SSSR count). The van der Waals surface area contributed by atoms with Gasteiger partial charge in [-0.15, -0.1) is 0 Å². The summed E-state index contributed by atoms with van der Waals surface area (Å²) in [4.78, 5) is 43.3. The number of nitrogens with zero attached hydrogens (tertiary/aromatic N) is 1. The molecule has 2 N–H and O–H groups in total. The van der Waals surface area contributed by atoms with Crippen molar-refractivity contribution >= 4 is 29.7 Å². The van der Waals surface area contributed by atoms with Crippen molar-refractivity contribution < 1.29 is 14.4 Å². The number of ketones is 1. The zero-order valence-electron chi connectivity index (χ0n) is 20.2. The molecule has 1 atom stereocenters. The van der Waals surface area contributed by atoms with Crippen LogP contribution >= 0.6 is 0 Å². The van der Waals surface area contributed by atoms with Crippen LogP contribution in [-0.2, 0) is 11.2 Å². The summed E-state index contributed by atoms with van der Waals surface area (Å²) < 4.78 is 0. The zero-order chi connectivity index (χ0) is 25.9. The Morgan fingerprint density at radius 1 is 0.730 bits per heavy atom. The lowest BCUT2D eigenvalue weighted by Crippen LogP contribution is -2.46. The average molecular weight is 490 g/mol. The van der Waals surface area contributed by atoms with Crippen molar-refractivity contribution in [1.29, 1.82) is 0 Å². The lowest BCUT2D eigenvalue weighted by Gasteiger charge is -2.19. The summed E-state index contributed by atoms with van der Waals surface area (Å²) in [7, 11) is 0. The predicted molar refractivity (Wildman–Crippen MR) is 145 cm³/mol. The standard InChI is InChI=1S/C31H27N3O3/c35-29(22-33-30(36)25-14-5-2-6-15-25)28(21-23-11-3-1-4-12-23)34-31(37)27-17-8-7-13-24(27)18-19-26-16-9-10-20-32-26/h1-20,28H,21-22H2,(H,33,36)(H,34,37)/t28-/m0/s1. The van der Waals surface area contributed by atoms with Crippen molar-refractivity contribution in [3.8, 4) is 0 Å². The molecule has 0 spiro atoms. The molecule has 0 saturated heterocycles. The number of Topliss-reactive ketones (excluding diaryl/α,β-unsaturated/α-hetero) is 1. The molecule has 0 aliphatic carbocycles. The SMILES string of the molecule is O=C(NCC(=O)[C@H](Cc1ccccc1)NC(=O)c1ccccc1C=Cc1ccccn1)c1ccccc1. The van der Waals surface area contributed by atoms with E-state index in [0.717, 1.165) is 11.3 Å². The van der Waals surface area contributed by atoms with Crippen molar-refractivity contribution in [3.05, 3.63) is 137 Å². The van der Waals surface area contributed by atoms with E-state index in [0.29, 0.717) is 23.1 Å². The second kappa shape index (κ2) is 12.7. The van der Waals surface area contributed by atoms with Crippen LogP contribution in [0.3, 0.4) is 0 Å². The molecule has 1 aromatic heterocycles. The van der Waals surface area contributed by atoms with Gasteiger partial charge in [-0.3, -0.25) is 19.4 Å². The van der Waals surface area contributed by atoms with E-state index in [1.807, 2.05) is 78.9 Å². The Bertz CT molecular complexity index is 1370. The average Bonchev–Trinajstić information content (AvgIpc) is 2.96. The summed E-state index contributed by atoms with van der Waals surface area (Å²) in [6, 6.07) is 30.1. The van der Waals surface area contributed by atoms with Crippen LogP contribution < -0.4 is 10.6 Å². The number of aromatic nitrogens is 1. The Balaban J connectivity index is 1.50. The topological polar surface area (TPSA) is 88.2 Å². The highest BCUT2D eigenvalue weighted by atomic mass is 16.2. The lowest BCUT2D eigenvalue weighted by atomic mass is 10.0. The van der Waals surface area contributed by atoms with Gasteiger partial charge in [-0.25, -0.2) is 0 Å². The van der Waals surface area contributed by atoms with Gasteiger partial charge in [0.15, 0.2) is 5.78 Å². The minimum absolute atomic E-state index is 0.202. The Kier molecular flexibility index (Phi) is 8.70. The van der Waals surface area contributed by atoms with E-state index in [1.54, 1.807) is 42.6 Å². The molecule has 1 heterocycles. The summed E-state index contributed by atoms with van der Waals surface area (Å²) in [5, 5.41) is 5.56. The quantitative estimate of drug-likeness (QED) is 0.341. The molecule has 184 valence electrons. The summed E-state index contributed by atoms with van der Waals surface area (Å²) >= 11 is 0. The monoisotopic (exact) mass is 489 g/mol. The van der Waals surface area contributed by atoms with E-state index >= 15 is 0 Å². The maximum absolute atomic E-state index is 13.3. The van der Waals surface area contributed by atoms with Gasteiger partial charge in [0, 0.05) is 17.3 Å². The molecule has 0 fully saturated rings. The van der Waals surface area contributed by atoms with Crippen LogP contribution in [0.2, 0.25) is 0 Å². The Labute approximate surface area is 216 Å². The van der Waals surface area contributed by atoms with Crippen LogP contribution in [0.15, 0.2) is 109 Å². The Morgan fingerprint density at radius 3 is 2.14 bits per heavy atom. The van der Waals surface area contributed by atoms with Crippen LogP contribution in [0, 0.1) is 0 Å². The van der Waals surface area contributed by atoms with Gasteiger partial charge >= 0.3 is 0 Å². The number of carbonyl (C=O) groups is 3. The molecule has 6 nitrogen and oxygen atoms in total. The Morgan fingerprint density at radius 2 is 1.41 bits per heavy atom. The second-order valence-corrected chi connectivity index (χ2v) is 8.41. The number of hydrogen-bond acceptors (Lipinski definition) is 4. The second-order valence-electron chi connectivity index (χ2n) is 8.41. The number of amides is 2. The van der Waals surface area contributed by atoms with Gasteiger partial charge in [-0.1, -0.05) is 78.9 Å². The van der Waals surface area contributed by atoms with Gasteiger partial charge < -0.3 is 10.6 Å². The van der Waals surface area contributed by atoms with E-state index in [1.165, 1.54) is 0 Å². The minimum Gasteiger partial charge on any atom is -0.345 e. The molecule has 4 aromatic rings. The third kappa shape index (κ3) is 7.32. The molecule has 3 aromatic carbocycles. The van der Waals surface area contributed by atoms with E-state index in [9.17, 15) is 14.4 Å². The first-order chi connectivity index (χ1) is 18.1. The van der Waals surface area contributed by atoms with Crippen LogP contribution in [0.5, 0.6) is 0 Å². The normalized spacial score (nSPS) is 11.6. The molecular formula is C31H27N3O3. The first-order valence-corrected chi connectivity index (χ1v) is 12.0. The lowest BCUT2D eigenvalue weighted by molar-refractivity contribution is -0.119. The molecule has 0 aliphatic rings. The van der Waals surface area contributed by atoms with Crippen molar-refractivity contribution in [3.63, 3.8) is 0 Å². The predicted octanol–water partition coefficient (Wildman–Crippen LogP) is 4.59. The van der Waals surface area contributed by atoms with Gasteiger partial charge in [0.05, 0.1) is 18.3 Å². The highest BCUT2D eigenvalue weighted by Crippen LogP contribution is 2.14. The van der Waals surface area contributed by atoms with Crippen LogP contribution in [0.4, 0.5) is 0 Å². The molecule has 6 heteroatoms. The van der Waals surface area contributed by atoms with Crippen molar-refractivity contribution in [1.82, 2.24) is 15.6 Å². The molecular weight excluding hydrogens is 462 g/mol.